The Bertz CT molecular complexity index is 454. The van der Waals surface area contributed by atoms with Crippen molar-refractivity contribution in [1.82, 2.24) is 10.3 Å². The highest BCUT2D eigenvalue weighted by Gasteiger charge is 2.22. The summed E-state index contributed by atoms with van der Waals surface area (Å²) in [6, 6.07) is 4.16. The third-order valence-corrected chi connectivity index (χ3v) is 4.53. The minimum absolute atomic E-state index is 0.0784. The van der Waals surface area contributed by atoms with Gasteiger partial charge in [0.1, 0.15) is 5.69 Å². The molecule has 2 heterocycles. The average molecular weight is 273 g/mol. The van der Waals surface area contributed by atoms with Crippen LogP contribution in [0.3, 0.4) is 0 Å². The van der Waals surface area contributed by atoms with Gasteiger partial charge >= 0.3 is 0 Å². The van der Waals surface area contributed by atoms with Crippen LogP contribution in [0.4, 0.5) is 5.69 Å². The molecule has 1 aliphatic carbocycles. The summed E-state index contributed by atoms with van der Waals surface area (Å²) < 4.78 is 0. The van der Waals surface area contributed by atoms with E-state index in [1.165, 1.54) is 44.2 Å². The molecule has 1 saturated carbocycles. The van der Waals surface area contributed by atoms with Gasteiger partial charge in [0.05, 0.1) is 0 Å². The van der Waals surface area contributed by atoms with Gasteiger partial charge < -0.3 is 10.2 Å². The molecule has 0 spiro atoms. The van der Waals surface area contributed by atoms with Crippen LogP contribution in [-0.2, 0) is 0 Å². The number of nitrogens with one attached hydrogen (secondary N) is 1. The summed E-state index contributed by atoms with van der Waals surface area (Å²) in [7, 11) is 1.67. The van der Waals surface area contributed by atoms with Crippen LogP contribution in [0, 0.1) is 0 Å². The van der Waals surface area contributed by atoms with Gasteiger partial charge in [-0.25, -0.2) is 4.98 Å². The molecule has 0 aromatic carbocycles. The maximum absolute atomic E-state index is 12.0. The topological polar surface area (TPSA) is 45.2 Å². The molecule has 1 aromatic heterocycles. The third kappa shape index (κ3) is 2.65. The number of aromatic nitrogens is 1. The van der Waals surface area contributed by atoms with Crippen molar-refractivity contribution in [2.45, 2.75) is 44.4 Å². The number of carbonyl (C=O) groups is 1. The first-order chi connectivity index (χ1) is 9.78. The Hall–Kier alpha value is -1.58. The van der Waals surface area contributed by atoms with Crippen molar-refractivity contribution >= 4 is 11.6 Å². The van der Waals surface area contributed by atoms with E-state index in [2.05, 4.69) is 21.3 Å². The molecule has 4 heteroatoms. The van der Waals surface area contributed by atoms with E-state index in [0.717, 1.165) is 18.8 Å². The highest BCUT2D eigenvalue weighted by atomic mass is 16.1. The maximum Gasteiger partial charge on any atom is 0.269 e. The maximum atomic E-state index is 12.0. The first kappa shape index (κ1) is 13.4. The summed E-state index contributed by atoms with van der Waals surface area (Å²) in [5.41, 5.74) is 2.86. The van der Waals surface area contributed by atoms with Crippen LogP contribution in [0.5, 0.6) is 0 Å². The summed E-state index contributed by atoms with van der Waals surface area (Å²) in [4.78, 5) is 19.0. The lowest BCUT2D eigenvalue weighted by atomic mass is 10.0. The van der Waals surface area contributed by atoms with Crippen molar-refractivity contribution in [3.05, 3.63) is 23.5 Å². The molecule has 108 valence electrons. The van der Waals surface area contributed by atoms with Gasteiger partial charge in [-0.3, -0.25) is 4.79 Å². The van der Waals surface area contributed by atoms with Gasteiger partial charge in [-0.2, -0.15) is 0 Å². The standard InChI is InChI=1S/C16H23N3O/c1-17-16(20)15-11-13(19-8-4-5-9-19)10-14(18-15)12-6-2-3-7-12/h10-12H,2-9H2,1H3,(H,17,20). The van der Waals surface area contributed by atoms with Gasteiger partial charge in [-0.15, -0.1) is 0 Å². The largest absolute Gasteiger partial charge is 0.371 e. The van der Waals surface area contributed by atoms with Gasteiger partial charge in [0.15, 0.2) is 0 Å². The van der Waals surface area contributed by atoms with E-state index < -0.39 is 0 Å². The number of rotatable bonds is 3. The van der Waals surface area contributed by atoms with Crippen molar-refractivity contribution in [2.24, 2.45) is 0 Å². The molecule has 0 atom stereocenters. The zero-order valence-electron chi connectivity index (χ0n) is 12.2. The van der Waals surface area contributed by atoms with Crippen LogP contribution in [0.2, 0.25) is 0 Å². The van der Waals surface area contributed by atoms with Gasteiger partial charge in [0, 0.05) is 37.4 Å². The first-order valence-corrected chi connectivity index (χ1v) is 7.77. The van der Waals surface area contributed by atoms with Gasteiger partial charge in [-0.05, 0) is 37.8 Å². The fourth-order valence-electron chi connectivity index (χ4n) is 3.37. The SMILES string of the molecule is CNC(=O)c1cc(N2CCCC2)cc(C2CCCC2)n1. The number of nitrogens with zero attached hydrogens (tertiary/aromatic N) is 2. The monoisotopic (exact) mass is 273 g/mol. The highest BCUT2D eigenvalue weighted by molar-refractivity contribution is 5.93. The summed E-state index contributed by atoms with van der Waals surface area (Å²) >= 11 is 0. The van der Waals surface area contributed by atoms with Crippen LogP contribution < -0.4 is 10.2 Å². The lowest BCUT2D eigenvalue weighted by Gasteiger charge is -2.20. The Kier molecular flexibility index (Phi) is 3.90. The molecule has 1 saturated heterocycles. The number of hydrogen-bond acceptors (Lipinski definition) is 3. The van der Waals surface area contributed by atoms with Gasteiger partial charge in [0.2, 0.25) is 0 Å². The van der Waals surface area contributed by atoms with Crippen LogP contribution in [0.25, 0.3) is 0 Å². The zero-order chi connectivity index (χ0) is 13.9. The van der Waals surface area contributed by atoms with Gasteiger partial charge in [-0.1, -0.05) is 12.8 Å². The highest BCUT2D eigenvalue weighted by Crippen LogP contribution is 2.35. The number of amides is 1. The fraction of sp³-hybridized carbons (Fsp3) is 0.625. The van der Waals surface area contributed by atoms with E-state index in [1.807, 2.05) is 6.07 Å². The van der Waals surface area contributed by atoms with Crippen molar-refractivity contribution in [3.8, 4) is 0 Å². The quantitative estimate of drug-likeness (QED) is 0.921. The molecule has 1 N–H and O–H groups in total. The second-order valence-electron chi connectivity index (χ2n) is 5.89. The Morgan fingerprint density at radius 2 is 1.90 bits per heavy atom. The summed E-state index contributed by atoms with van der Waals surface area (Å²) in [6.07, 6.45) is 7.49. The van der Waals surface area contributed by atoms with E-state index in [4.69, 9.17) is 0 Å². The average Bonchev–Trinajstić information content (AvgIpc) is 3.18. The lowest BCUT2D eigenvalue weighted by Crippen LogP contribution is -2.23. The van der Waals surface area contributed by atoms with E-state index >= 15 is 0 Å². The van der Waals surface area contributed by atoms with Crippen LogP contribution in [0.15, 0.2) is 12.1 Å². The molecule has 3 rings (SSSR count). The van der Waals surface area contributed by atoms with E-state index in [9.17, 15) is 4.79 Å². The predicted octanol–water partition coefficient (Wildman–Crippen LogP) is 2.70. The van der Waals surface area contributed by atoms with Crippen LogP contribution in [-0.4, -0.2) is 31.0 Å². The molecular formula is C16H23N3O. The summed E-state index contributed by atoms with van der Waals surface area (Å²) in [5.74, 6) is 0.464. The fourth-order valence-corrected chi connectivity index (χ4v) is 3.37. The van der Waals surface area contributed by atoms with E-state index in [1.54, 1.807) is 7.05 Å². The smallest absolute Gasteiger partial charge is 0.269 e. The predicted molar refractivity (Wildman–Crippen MR) is 80.3 cm³/mol. The Balaban J connectivity index is 1.95. The van der Waals surface area contributed by atoms with Gasteiger partial charge in [0.25, 0.3) is 5.91 Å². The number of hydrogen-bond donors (Lipinski definition) is 1. The third-order valence-electron chi connectivity index (χ3n) is 4.53. The zero-order valence-corrected chi connectivity index (χ0v) is 12.2. The van der Waals surface area contributed by atoms with Crippen molar-refractivity contribution in [2.75, 3.05) is 25.0 Å². The lowest BCUT2D eigenvalue weighted by molar-refractivity contribution is 0.0958. The Morgan fingerprint density at radius 3 is 2.55 bits per heavy atom. The summed E-state index contributed by atoms with van der Waals surface area (Å²) in [5, 5.41) is 2.70. The minimum atomic E-state index is -0.0784. The van der Waals surface area contributed by atoms with Crippen molar-refractivity contribution < 1.29 is 4.79 Å². The van der Waals surface area contributed by atoms with E-state index in [-0.39, 0.29) is 5.91 Å². The molecule has 0 radical (unpaired) electrons. The van der Waals surface area contributed by atoms with E-state index in [0.29, 0.717) is 11.6 Å². The second-order valence-corrected chi connectivity index (χ2v) is 5.89. The molecule has 1 aliphatic heterocycles. The molecule has 0 unspecified atom stereocenters. The molecule has 1 amide bonds. The molecular weight excluding hydrogens is 250 g/mol. The molecule has 2 fully saturated rings. The van der Waals surface area contributed by atoms with Crippen LogP contribution >= 0.6 is 0 Å². The number of carbonyl (C=O) groups excluding carboxylic acids is 1. The second kappa shape index (κ2) is 5.81. The van der Waals surface area contributed by atoms with Crippen molar-refractivity contribution in [3.63, 3.8) is 0 Å². The Morgan fingerprint density at radius 1 is 1.20 bits per heavy atom. The first-order valence-electron chi connectivity index (χ1n) is 7.77. The number of anilines is 1. The summed E-state index contributed by atoms with van der Waals surface area (Å²) in [6.45, 7) is 2.20. The molecule has 4 nitrogen and oxygen atoms in total. The minimum Gasteiger partial charge on any atom is -0.371 e. The normalized spacial score (nSPS) is 19.6. The molecule has 1 aromatic rings. The Labute approximate surface area is 120 Å². The molecule has 2 aliphatic rings. The van der Waals surface area contributed by atoms with Crippen molar-refractivity contribution in [1.29, 1.82) is 0 Å². The number of pyridine rings is 1. The molecule has 20 heavy (non-hydrogen) atoms. The molecule has 0 bridgehead atoms. The van der Waals surface area contributed by atoms with Crippen LogP contribution in [0.1, 0.15) is 60.6 Å².